The monoisotopic (exact) mass is 268 g/mol. The van der Waals surface area contributed by atoms with Gasteiger partial charge < -0.3 is 0 Å². The van der Waals surface area contributed by atoms with Crippen molar-refractivity contribution in [2.45, 2.75) is 19.0 Å². The Kier molecular flexibility index (Phi) is 2.62. The van der Waals surface area contributed by atoms with Gasteiger partial charge in [-0.05, 0) is 43.1 Å². The summed E-state index contributed by atoms with van der Waals surface area (Å²) in [5.41, 5.74) is 0.238. The summed E-state index contributed by atoms with van der Waals surface area (Å²) in [6.07, 6.45) is 2.19. The molecule has 0 radical (unpaired) electrons. The molecule has 3 rings (SSSR count). The van der Waals surface area contributed by atoms with Gasteiger partial charge in [-0.1, -0.05) is 0 Å². The Labute approximate surface area is 108 Å². The molecule has 18 heavy (non-hydrogen) atoms. The van der Waals surface area contributed by atoms with Crippen LogP contribution in [0, 0.1) is 5.92 Å². The normalized spacial score (nSPS) is 27.6. The van der Waals surface area contributed by atoms with Gasteiger partial charge in [0, 0.05) is 6.54 Å². The minimum Gasteiger partial charge on any atom is -0.283 e. The molecule has 3 nitrogen and oxygen atoms in total. The van der Waals surface area contributed by atoms with Crippen molar-refractivity contribution in [3.63, 3.8) is 0 Å². The van der Waals surface area contributed by atoms with Crippen molar-refractivity contribution in [1.82, 2.24) is 4.90 Å². The molecule has 0 aromatic carbocycles. The Balaban J connectivity index is 1.95. The van der Waals surface area contributed by atoms with Gasteiger partial charge >= 0.3 is 0 Å². The molecule has 1 aliphatic heterocycles. The van der Waals surface area contributed by atoms with Gasteiger partial charge in [-0.15, -0.1) is 0 Å². The molecule has 1 amide bonds. The van der Waals surface area contributed by atoms with Crippen molar-refractivity contribution in [1.29, 1.82) is 0 Å². The van der Waals surface area contributed by atoms with Gasteiger partial charge in [0.1, 0.15) is 5.83 Å². The maximum absolute atomic E-state index is 13.2. The van der Waals surface area contributed by atoms with Crippen molar-refractivity contribution >= 4 is 28.9 Å². The molecule has 0 aromatic heterocycles. The summed E-state index contributed by atoms with van der Waals surface area (Å²) < 4.78 is 26.4. The van der Waals surface area contributed by atoms with E-state index in [0.29, 0.717) is 12.5 Å². The van der Waals surface area contributed by atoms with Crippen LogP contribution in [0.25, 0.3) is 0 Å². The van der Waals surface area contributed by atoms with Crippen LogP contribution in [0.4, 0.5) is 8.78 Å². The molecule has 94 valence electrons. The summed E-state index contributed by atoms with van der Waals surface area (Å²) in [6, 6.07) is 0. The maximum Gasteiger partial charge on any atom is 0.262 e. The first-order chi connectivity index (χ1) is 8.56. The lowest BCUT2D eigenvalue weighted by Crippen LogP contribution is -2.43. The molecule has 0 saturated heterocycles. The van der Waals surface area contributed by atoms with E-state index < -0.39 is 12.0 Å². The lowest BCUT2D eigenvalue weighted by Gasteiger charge is -2.28. The highest BCUT2D eigenvalue weighted by molar-refractivity contribution is 7.80. The molecule has 3 aliphatic rings. The second kappa shape index (κ2) is 4.05. The number of rotatable bonds is 2. The van der Waals surface area contributed by atoms with Crippen molar-refractivity contribution in [2.24, 2.45) is 10.9 Å². The van der Waals surface area contributed by atoms with Crippen molar-refractivity contribution in [2.75, 3.05) is 6.54 Å². The third kappa shape index (κ3) is 1.90. The Morgan fingerprint density at radius 1 is 1.50 bits per heavy atom. The Bertz CT molecular complexity index is 534. The van der Waals surface area contributed by atoms with E-state index in [4.69, 9.17) is 12.2 Å². The molecule has 2 aliphatic carbocycles. The summed E-state index contributed by atoms with van der Waals surface area (Å²) in [4.78, 5) is 17.5. The third-order valence-corrected chi connectivity index (χ3v) is 3.50. The van der Waals surface area contributed by atoms with E-state index in [0.717, 1.165) is 25.0 Å². The van der Waals surface area contributed by atoms with Crippen LogP contribution in [0.1, 0.15) is 12.8 Å². The fourth-order valence-corrected chi connectivity index (χ4v) is 2.24. The van der Waals surface area contributed by atoms with Crippen LogP contribution in [0.2, 0.25) is 0 Å². The first-order valence-electron chi connectivity index (χ1n) is 5.74. The maximum atomic E-state index is 13.2. The summed E-state index contributed by atoms with van der Waals surface area (Å²) in [5, 5.41) is 0.139. The summed E-state index contributed by atoms with van der Waals surface area (Å²) >= 11 is 5.03. The topological polar surface area (TPSA) is 32.7 Å². The number of hydrogen-bond donors (Lipinski definition) is 0. The number of carbonyl (C=O) groups is 1. The fourth-order valence-electron chi connectivity index (χ4n) is 1.99. The Hall–Kier alpha value is -1.43. The SMILES string of the molecule is O=C1C2=CC(F)C(F)=CC2=NC(=S)N1CC1CC1. The molecule has 1 unspecified atom stereocenters. The highest BCUT2D eigenvalue weighted by atomic mass is 32.1. The van der Waals surface area contributed by atoms with Crippen LogP contribution in [0.3, 0.4) is 0 Å². The molecule has 1 atom stereocenters. The predicted octanol–water partition coefficient (Wildman–Crippen LogP) is 2.10. The summed E-state index contributed by atoms with van der Waals surface area (Å²) in [5.74, 6) is -0.853. The number of hydrogen-bond acceptors (Lipinski definition) is 2. The van der Waals surface area contributed by atoms with Crippen LogP contribution in [-0.4, -0.2) is 34.3 Å². The van der Waals surface area contributed by atoms with Gasteiger partial charge in [0.05, 0.1) is 11.3 Å². The number of alkyl halides is 1. The molecule has 0 spiro atoms. The van der Waals surface area contributed by atoms with Gasteiger partial charge in [-0.3, -0.25) is 9.69 Å². The molecular weight excluding hydrogens is 258 g/mol. The Morgan fingerprint density at radius 3 is 2.89 bits per heavy atom. The van der Waals surface area contributed by atoms with Gasteiger partial charge in [0.25, 0.3) is 5.91 Å². The highest BCUT2D eigenvalue weighted by Gasteiger charge is 2.36. The smallest absolute Gasteiger partial charge is 0.262 e. The van der Waals surface area contributed by atoms with Crippen LogP contribution >= 0.6 is 12.2 Å². The summed E-state index contributed by atoms with van der Waals surface area (Å²) in [6.45, 7) is 0.523. The molecule has 0 bridgehead atoms. The standard InChI is InChI=1S/C12H10F2N2OS/c13-8-3-7-10(4-9(8)14)15-12(18)16(11(7)17)5-6-1-2-6/h3-4,6,8H,1-2,5H2. The number of allylic oxidation sites excluding steroid dienone is 3. The van der Waals surface area contributed by atoms with Gasteiger partial charge in [-0.2, -0.15) is 0 Å². The number of carbonyl (C=O) groups excluding carboxylic acids is 1. The predicted molar refractivity (Wildman–Crippen MR) is 66.6 cm³/mol. The largest absolute Gasteiger partial charge is 0.283 e. The first kappa shape index (κ1) is 11.6. The number of nitrogens with zero attached hydrogens (tertiary/aromatic N) is 2. The molecule has 6 heteroatoms. The number of thiocarbonyl (C=S) groups is 1. The van der Waals surface area contributed by atoms with E-state index in [9.17, 15) is 13.6 Å². The van der Waals surface area contributed by atoms with Crippen LogP contribution in [0.5, 0.6) is 0 Å². The van der Waals surface area contributed by atoms with E-state index in [2.05, 4.69) is 4.99 Å². The third-order valence-electron chi connectivity index (χ3n) is 3.19. The second-order valence-electron chi connectivity index (χ2n) is 4.65. The Morgan fingerprint density at radius 2 is 2.22 bits per heavy atom. The lowest BCUT2D eigenvalue weighted by atomic mass is 9.99. The summed E-state index contributed by atoms with van der Waals surface area (Å²) in [7, 11) is 0. The zero-order valence-electron chi connectivity index (χ0n) is 9.40. The van der Waals surface area contributed by atoms with Crippen molar-refractivity contribution in [3.05, 3.63) is 23.6 Å². The van der Waals surface area contributed by atoms with Crippen molar-refractivity contribution in [3.8, 4) is 0 Å². The quantitative estimate of drug-likeness (QED) is 0.718. The molecular formula is C12H10F2N2OS. The molecule has 0 aromatic rings. The van der Waals surface area contributed by atoms with E-state index in [1.54, 1.807) is 0 Å². The number of halogens is 2. The van der Waals surface area contributed by atoms with E-state index in [-0.39, 0.29) is 22.3 Å². The number of aliphatic imine (C=N–C) groups is 1. The van der Waals surface area contributed by atoms with E-state index >= 15 is 0 Å². The number of amides is 1. The van der Waals surface area contributed by atoms with Crippen LogP contribution < -0.4 is 0 Å². The highest BCUT2D eigenvalue weighted by Crippen LogP contribution is 2.32. The first-order valence-corrected chi connectivity index (χ1v) is 6.15. The minimum absolute atomic E-state index is 0.109. The van der Waals surface area contributed by atoms with Crippen LogP contribution in [0.15, 0.2) is 28.5 Å². The molecule has 1 heterocycles. The average Bonchev–Trinajstić information content (AvgIpc) is 3.11. The minimum atomic E-state index is -1.86. The average molecular weight is 268 g/mol. The lowest BCUT2D eigenvalue weighted by molar-refractivity contribution is -0.123. The second-order valence-corrected chi connectivity index (χ2v) is 5.02. The van der Waals surface area contributed by atoms with Crippen LogP contribution in [-0.2, 0) is 4.79 Å². The van der Waals surface area contributed by atoms with Gasteiger partial charge in [0.2, 0.25) is 5.11 Å². The van der Waals surface area contributed by atoms with E-state index in [1.165, 1.54) is 4.90 Å². The zero-order valence-corrected chi connectivity index (χ0v) is 10.2. The van der Waals surface area contributed by atoms with Gasteiger partial charge in [0.15, 0.2) is 6.17 Å². The van der Waals surface area contributed by atoms with Gasteiger partial charge in [-0.25, -0.2) is 13.8 Å². The fraction of sp³-hybridized carbons (Fsp3) is 0.417. The molecule has 0 N–H and O–H groups in total. The molecule has 1 saturated carbocycles. The number of fused-ring (bicyclic) bond motifs is 1. The molecule has 1 fully saturated rings. The van der Waals surface area contributed by atoms with Crippen molar-refractivity contribution < 1.29 is 13.6 Å². The van der Waals surface area contributed by atoms with E-state index in [1.807, 2.05) is 0 Å². The zero-order chi connectivity index (χ0) is 12.9.